The van der Waals surface area contributed by atoms with Crippen LogP contribution in [0.2, 0.25) is 0 Å². The highest BCUT2D eigenvalue weighted by molar-refractivity contribution is 7.97. The maximum Gasteiger partial charge on any atom is 0.456 e. The van der Waals surface area contributed by atoms with Gasteiger partial charge in [-0.2, -0.15) is 13.2 Å². The molecular weight excluding hydrogens is 515 g/mol. The number of benzene rings is 1. The van der Waals surface area contributed by atoms with Gasteiger partial charge in [-0.1, -0.05) is 30.3 Å². The molecule has 0 fully saturated rings. The number of rotatable bonds is 6. The van der Waals surface area contributed by atoms with Crippen LogP contribution in [0.5, 0.6) is 0 Å². The number of nitrogens with one attached hydrogen (secondary N) is 1. The second kappa shape index (κ2) is 9.86. The first-order valence-electron chi connectivity index (χ1n) is 11.4. The van der Waals surface area contributed by atoms with Crippen molar-refractivity contribution >= 4 is 17.9 Å². The molecular formula is C24H23F5N6OS. The van der Waals surface area contributed by atoms with Crippen LogP contribution >= 0.6 is 11.9 Å². The molecule has 2 aromatic rings. The molecule has 0 bridgehead atoms. The van der Waals surface area contributed by atoms with Crippen LogP contribution in [-0.2, 0) is 24.4 Å². The van der Waals surface area contributed by atoms with Crippen molar-refractivity contribution in [3.63, 3.8) is 0 Å². The number of hydrogen-bond acceptors (Lipinski definition) is 6. The van der Waals surface area contributed by atoms with E-state index in [0.717, 1.165) is 11.1 Å². The Bertz CT molecular complexity index is 1270. The molecule has 0 radical (unpaired) electrons. The van der Waals surface area contributed by atoms with E-state index in [1.54, 1.807) is 48.7 Å². The van der Waals surface area contributed by atoms with Crippen LogP contribution in [0.1, 0.15) is 11.4 Å². The maximum atomic E-state index is 13.8. The Balaban J connectivity index is 1.24. The molecule has 0 spiro atoms. The minimum atomic E-state index is -4.34. The van der Waals surface area contributed by atoms with Gasteiger partial charge in [-0.05, 0) is 17.7 Å². The predicted octanol–water partition coefficient (Wildman–Crippen LogP) is 4.28. The molecule has 1 atom stereocenters. The van der Waals surface area contributed by atoms with E-state index in [1.807, 2.05) is 10.8 Å². The molecule has 13 heteroatoms. The summed E-state index contributed by atoms with van der Waals surface area (Å²) >= 11 is -0.139. The van der Waals surface area contributed by atoms with Crippen LogP contribution < -0.4 is 5.32 Å². The monoisotopic (exact) mass is 538 g/mol. The highest BCUT2D eigenvalue weighted by Crippen LogP contribution is 2.36. The quantitative estimate of drug-likeness (QED) is 0.438. The number of fused-ring (bicyclic) bond motifs is 2. The molecule has 4 heterocycles. The van der Waals surface area contributed by atoms with Gasteiger partial charge in [-0.25, -0.2) is 18.1 Å². The lowest BCUT2D eigenvalue weighted by molar-refractivity contribution is -0.119. The van der Waals surface area contributed by atoms with Crippen LogP contribution in [0.4, 0.5) is 22.0 Å². The van der Waals surface area contributed by atoms with Crippen molar-refractivity contribution < 1.29 is 26.7 Å². The molecule has 5 rings (SSSR count). The number of likely N-dealkylation sites (N-methyl/N-ethyl adjacent to an activating group) is 1. The molecule has 0 aliphatic carbocycles. The standard InChI is InChI=1S/C24H23F5N6OS/c1-32-19-4-2-3-9-35(19)21(20(32)22(25)26)23(36)30-12-15-5-7-16(8-6-15)17-13-33-10-11-34(14-18(33)31-17)37-24(27,28)29/h2-9,13,19,22H,10-12,14H2,1H3,(H,30,36). The summed E-state index contributed by atoms with van der Waals surface area (Å²) in [5.41, 5.74) is -2.57. The lowest BCUT2D eigenvalue weighted by Gasteiger charge is -2.29. The van der Waals surface area contributed by atoms with E-state index in [0.29, 0.717) is 18.1 Å². The number of carbonyl (C=O) groups excluding carboxylic acids is 1. The number of imidazole rings is 1. The third-order valence-electron chi connectivity index (χ3n) is 6.33. The fourth-order valence-corrected chi connectivity index (χ4v) is 5.24. The third kappa shape index (κ3) is 5.23. The maximum absolute atomic E-state index is 13.8. The van der Waals surface area contributed by atoms with Crippen molar-refractivity contribution in [3.05, 3.63) is 77.7 Å². The van der Waals surface area contributed by atoms with Crippen LogP contribution in [0.15, 0.2) is 66.3 Å². The Hall–Kier alpha value is -3.32. The van der Waals surface area contributed by atoms with Gasteiger partial charge in [0, 0.05) is 56.6 Å². The number of allylic oxidation sites excluding steroid dienone is 3. The summed E-state index contributed by atoms with van der Waals surface area (Å²) in [6.07, 6.45) is 5.30. The zero-order chi connectivity index (χ0) is 26.3. The summed E-state index contributed by atoms with van der Waals surface area (Å²) in [4.78, 5) is 20.3. The predicted molar refractivity (Wildman–Crippen MR) is 128 cm³/mol. The Labute approximate surface area is 214 Å². The lowest BCUT2D eigenvalue weighted by Crippen LogP contribution is -2.37. The number of carbonyl (C=O) groups is 1. The molecule has 1 aromatic heterocycles. The van der Waals surface area contributed by atoms with E-state index >= 15 is 0 Å². The Morgan fingerprint density at radius 3 is 2.65 bits per heavy atom. The first kappa shape index (κ1) is 25.3. The summed E-state index contributed by atoms with van der Waals surface area (Å²) in [5, 5.41) is 2.73. The second-order valence-corrected chi connectivity index (χ2v) is 9.87. The molecule has 7 nitrogen and oxygen atoms in total. The van der Waals surface area contributed by atoms with Crippen LogP contribution in [0.25, 0.3) is 11.3 Å². The van der Waals surface area contributed by atoms with Crippen molar-refractivity contribution in [2.45, 2.75) is 37.7 Å². The van der Waals surface area contributed by atoms with Gasteiger partial charge in [-0.15, -0.1) is 0 Å². The molecule has 1 amide bonds. The lowest BCUT2D eigenvalue weighted by atomic mass is 10.1. The van der Waals surface area contributed by atoms with E-state index in [1.165, 1.54) is 21.2 Å². The molecule has 3 aliphatic heterocycles. The van der Waals surface area contributed by atoms with Crippen LogP contribution in [0, 0.1) is 0 Å². The number of aromatic nitrogens is 2. The number of nitrogens with zero attached hydrogens (tertiary/aromatic N) is 5. The van der Waals surface area contributed by atoms with Crippen LogP contribution in [0.3, 0.4) is 0 Å². The topological polar surface area (TPSA) is 56.6 Å². The highest BCUT2D eigenvalue weighted by Gasteiger charge is 2.41. The molecule has 37 heavy (non-hydrogen) atoms. The second-order valence-electron chi connectivity index (χ2n) is 8.71. The summed E-state index contributed by atoms with van der Waals surface area (Å²) in [6, 6.07) is 7.18. The fraction of sp³-hybridized carbons (Fsp3) is 0.333. The average Bonchev–Trinajstić information content (AvgIpc) is 3.41. The van der Waals surface area contributed by atoms with Gasteiger partial charge in [0.2, 0.25) is 0 Å². The summed E-state index contributed by atoms with van der Waals surface area (Å²) in [6.45, 7) is 0.881. The summed E-state index contributed by atoms with van der Waals surface area (Å²) < 4.78 is 68.7. The number of amides is 1. The summed E-state index contributed by atoms with van der Waals surface area (Å²) in [7, 11) is 1.53. The number of hydrogen-bond donors (Lipinski definition) is 1. The number of halogens is 5. The average molecular weight is 539 g/mol. The SMILES string of the molecule is CN1C(C(F)F)=C(C(=O)NCc2ccc(-c3cn4c(n3)CN(SC(F)(F)F)CC4)cc2)N2C=CC=CC12. The Kier molecular flexibility index (Phi) is 6.75. The molecule has 0 saturated carbocycles. The highest BCUT2D eigenvalue weighted by atomic mass is 32.2. The molecule has 1 unspecified atom stereocenters. The third-order valence-corrected chi connectivity index (χ3v) is 7.10. The number of alkyl halides is 5. The molecule has 1 aromatic carbocycles. The van der Waals surface area contributed by atoms with Gasteiger partial charge in [0.1, 0.15) is 23.4 Å². The Morgan fingerprint density at radius 2 is 1.95 bits per heavy atom. The normalized spacial score (nSPS) is 19.6. The molecule has 0 saturated heterocycles. The molecule has 1 N–H and O–H groups in total. The zero-order valence-corrected chi connectivity index (χ0v) is 20.4. The van der Waals surface area contributed by atoms with Crippen molar-refractivity contribution in [1.82, 2.24) is 29.0 Å². The van der Waals surface area contributed by atoms with Crippen molar-refractivity contribution in [3.8, 4) is 11.3 Å². The van der Waals surface area contributed by atoms with Crippen molar-refractivity contribution in [2.75, 3.05) is 13.6 Å². The zero-order valence-electron chi connectivity index (χ0n) is 19.6. The van der Waals surface area contributed by atoms with E-state index in [9.17, 15) is 26.7 Å². The van der Waals surface area contributed by atoms with Gasteiger partial charge < -0.3 is 19.7 Å². The van der Waals surface area contributed by atoms with Gasteiger partial charge in [0.05, 0.1) is 12.2 Å². The first-order chi connectivity index (χ1) is 17.6. The van der Waals surface area contributed by atoms with Gasteiger partial charge in [0.25, 0.3) is 12.3 Å². The molecule has 196 valence electrons. The minimum absolute atomic E-state index is 0.0824. The fourth-order valence-electron chi connectivity index (χ4n) is 4.59. The van der Waals surface area contributed by atoms with Gasteiger partial charge >= 0.3 is 5.51 Å². The smallest absolute Gasteiger partial charge is 0.348 e. The first-order valence-corrected chi connectivity index (χ1v) is 12.2. The van der Waals surface area contributed by atoms with E-state index in [2.05, 4.69) is 10.3 Å². The Morgan fingerprint density at radius 1 is 1.19 bits per heavy atom. The van der Waals surface area contributed by atoms with E-state index in [4.69, 9.17) is 0 Å². The van der Waals surface area contributed by atoms with Gasteiger partial charge in [0.15, 0.2) is 0 Å². The van der Waals surface area contributed by atoms with Gasteiger partial charge in [-0.3, -0.25) is 4.79 Å². The van der Waals surface area contributed by atoms with E-state index in [-0.39, 0.29) is 43.0 Å². The van der Waals surface area contributed by atoms with Crippen LogP contribution in [-0.4, -0.2) is 61.3 Å². The van der Waals surface area contributed by atoms with Crippen molar-refractivity contribution in [1.29, 1.82) is 0 Å². The van der Waals surface area contributed by atoms with E-state index < -0.39 is 24.0 Å². The minimum Gasteiger partial charge on any atom is -0.348 e. The summed E-state index contributed by atoms with van der Waals surface area (Å²) in [5.74, 6) is -0.0457. The van der Waals surface area contributed by atoms with Crippen molar-refractivity contribution in [2.24, 2.45) is 0 Å². The molecule has 3 aliphatic rings. The largest absolute Gasteiger partial charge is 0.456 e.